The van der Waals surface area contributed by atoms with Crippen LogP contribution in [0.3, 0.4) is 0 Å². The number of pyridine rings is 2. The second-order valence-electron chi connectivity index (χ2n) is 6.91. The molecule has 28 heavy (non-hydrogen) atoms. The normalized spacial score (nSPS) is 13.7. The third-order valence-corrected chi connectivity index (χ3v) is 5.75. The molecule has 0 aromatic carbocycles. The van der Waals surface area contributed by atoms with Crippen LogP contribution in [-0.2, 0) is 6.42 Å². The van der Waals surface area contributed by atoms with Gasteiger partial charge in [-0.05, 0) is 37.1 Å². The Bertz CT molecular complexity index is 1130. The third-order valence-electron chi connectivity index (χ3n) is 4.84. The smallest absolute Gasteiger partial charge is 0.272 e. The van der Waals surface area contributed by atoms with E-state index in [9.17, 15) is 4.79 Å². The van der Waals surface area contributed by atoms with Crippen molar-refractivity contribution >= 4 is 22.8 Å². The standard InChI is InChI=1S/C21H19N5OS/c27-20(18-17-6-2-4-12-26(17)19(25-18)14-7-8-14)23-11-9-15-13-28-21(24-15)16-5-1-3-10-22-16/h1-6,10,12-14H,7-9,11H2,(H,23,27). The van der Waals surface area contributed by atoms with Crippen LogP contribution in [0.1, 0.15) is 40.8 Å². The number of rotatable bonds is 6. The fourth-order valence-corrected chi connectivity index (χ4v) is 4.10. The first-order valence-corrected chi connectivity index (χ1v) is 10.3. The van der Waals surface area contributed by atoms with Gasteiger partial charge < -0.3 is 9.72 Å². The minimum Gasteiger partial charge on any atom is -0.350 e. The van der Waals surface area contributed by atoms with Gasteiger partial charge in [-0.1, -0.05) is 12.1 Å². The molecular formula is C21H19N5OS. The summed E-state index contributed by atoms with van der Waals surface area (Å²) in [5.41, 5.74) is 3.21. The van der Waals surface area contributed by atoms with Crippen LogP contribution in [-0.4, -0.2) is 31.8 Å². The van der Waals surface area contributed by atoms with Gasteiger partial charge in [-0.3, -0.25) is 9.78 Å². The first-order chi connectivity index (χ1) is 13.8. The highest BCUT2D eigenvalue weighted by Crippen LogP contribution is 2.39. The molecule has 4 aromatic heterocycles. The first kappa shape index (κ1) is 17.1. The number of nitrogens with zero attached hydrogens (tertiary/aromatic N) is 4. The van der Waals surface area contributed by atoms with Crippen LogP contribution in [0, 0.1) is 0 Å². The molecule has 1 N–H and O–H groups in total. The van der Waals surface area contributed by atoms with E-state index >= 15 is 0 Å². The number of thiazole rings is 1. The number of carbonyl (C=O) groups is 1. The van der Waals surface area contributed by atoms with Crippen molar-refractivity contribution in [1.29, 1.82) is 0 Å². The van der Waals surface area contributed by atoms with Crippen molar-refractivity contribution < 1.29 is 4.79 Å². The number of hydrogen-bond acceptors (Lipinski definition) is 5. The van der Waals surface area contributed by atoms with Gasteiger partial charge in [0, 0.05) is 36.7 Å². The van der Waals surface area contributed by atoms with E-state index in [0.717, 1.165) is 40.6 Å². The molecule has 0 saturated heterocycles. The second-order valence-corrected chi connectivity index (χ2v) is 7.77. The molecule has 0 bridgehead atoms. The molecule has 4 aromatic rings. The molecule has 0 radical (unpaired) electrons. The predicted octanol–water partition coefficient (Wildman–Crippen LogP) is 3.70. The van der Waals surface area contributed by atoms with Gasteiger partial charge in [0.2, 0.25) is 0 Å². The van der Waals surface area contributed by atoms with Crippen LogP contribution >= 0.6 is 11.3 Å². The zero-order chi connectivity index (χ0) is 18.9. The molecule has 1 saturated carbocycles. The van der Waals surface area contributed by atoms with Crippen molar-refractivity contribution in [3.8, 4) is 10.7 Å². The van der Waals surface area contributed by atoms with Crippen molar-refractivity contribution in [1.82, 2.24) is 24.7 Å². The lowest BCUT2D eigenvalue weighted by Gasteiger charge is -2.02. The Morgan fingerprint density at radius 1 is 1.18 bits per heavy atom. The molecule has 7 heteroatoms. The maximum atomic E-state index is 12.7. The minimum atomic E-state index is -0.129. The Kier molecular flexibility index (Phi) is 4.37. The largest absolute Gasteiger partial charge is 0.350 e. The summed E-state index contributed by atoms with van der Waals surface area (Å²) in [4.78, 5) is 26.3. The van der Waals surface area contributed by atoms with Gasteiger partial charge >= 0.3 is 0 Å². The van der Waals surface area contributed by atoms with Gasteiger partial charge in [0.1, 0.15) is 10.8 Å². The number of amides is 1. The van der Waals surface area contributed by atoms with Gasteiger partial charge in [0.15, 0.2) is 5.69 Å². The summed E-state index contributed by atoms with van der Waals surface area (Å²) >= 11 is 1.57. The number of imidazole rings is 1. The summed E-state index contributed by atoms with van der Waals surface area (Å²) < 4.78 is 2.05. The molecular weight excluding hydrogens is 370 g/mol. The molecule has 5 rings (SSSR count). The highest BCUT2D eigenvalue weighted by atomic mass is 32.1. The number of hydrogen-bond donors (Lipinski definition) is 1. The van der Waals surface area contributed by atoms with E-state index in [1.54, 1.807) is 17.5 Å². The lowest BCUT2D eigenvalue weighted by molar-refractivity contribution is 0.0951. The molecule has 6 nitrogen and oxygen atoms in total. The van der Waals surface area contributed by atoms with Gasteiger partial charge in [0.25, 0.3) is 5.91 Å². The predicted molar refractivity (Wildman–Crippen MR) is 109 cm³/mol. The molecule has 0 aliphatic heterocycles. The van der Waals surface area contributed by atoms with Crippen LogP contribution in [0.5, 0.6) is 0 Å². The van der Waals surface area contributed by atoms with E-state index in [4.69, 9.17) is 0 Å². The maximum absolute atomic E-state index is 12.7. The van der Waals surface area contributed by atoms with Crippen LogP contribution in [0.25, 0.3) is 16.2 Å². The van der Waals surface area contributed by atoms with Gasteiger partial charge in [-0.15, -0.1) is 11.3 Å². The third kappa shape index (κ3) is 3.29. The lowest BCUT2D eigenvalue weighted by Crippen LogP contribution is -2.26. The zero-order valence-corrected chi connectivity index (χ0v) is 16.0. The Morgan fingerprint density at radius 3 is 2.89 bits per heavy atom. The van der Waals surface area contributed by atoms with Crippen LogP contribution < -0.4 is 5.32 Å². The Balaban J connectivity index is 1.26. The maximum Gasteiger partial charge on any atom is 0.272 e. The van der Waals surface area contributed by atoms with E-state index in [1.807, 2.05) is 52.4 Å². The summed E-state index contributed by atoms with van der Waals surface area (Å²) in [6, 6.07) is 11.7. The Labute approximate surface area is 166 Å². The molecule has 1 aliphatic rings. The molecule has 140 valence electrons. The van der Waals surface area contributed by atoms with E-state index in [0.29, 0.717) is 24.6 Å². The van der Waals surface area contributed by atoms with E-state index in [-0.39, 0.29) is 5.91 Å². The molecule has 1 aliphatic carbocycles. The van der Waals surface area contributed by atoms with Crippen molar-refractivity contribution in [2.75, 3.05) is 6.54 Å². The minimum absolute atomic E-state index is 0.129. The van der Waals surface area contributed by atoms with Crippen LogP contribution in [0.15, 0.2) is 54.2 Å². The molecule has 0 spiro atoms. The van der Waals surface area contributed by atoms with Gasteiger partial charge in [-0.25, -0.2) is 9.97 Å². The molecule has 0 unspecified atom stereocenters. The average Bonchev–Trinajstić information content (AvgIpc) is 3.34. The second kappa shape index (κ2) is 7.16. The fourth-order valence-electron chi connectivity index (χ4n) is 3.27. The summed E-state index contributed by atoms with van der Waals surface area (Å²) in [6.45, 7) is 0.523. The SMILES string of the molecule is O=C(NCCc1csc(-c2ccccn2)n1)c1nc(C2CC2)n2ccccc12. The number of carbonyl (C=O) groups excluding carboxylic acids is 1. The van der Waals surface area contributed by atoms with Crippen LogP contribution in [0.2, 0.25) is 0 Å². The van der Waals surface area contributed by atoms with E-state index in [2.05, 4.69) is 20.3 Å². The molecule has 4 heterocycles. The molecule has 1 amide bonds. The topological polar surface area (TPSA) is 72.2 Å². The Morgan fingerprint density at radius 2 is 2.07 bits per heavy atom. The van der Waals surface area contributed by atoms with E-state index in [1.165, 1.54) is 0 Å². The lowest BCUT2D eigenvalue weighted by atomic mass is 10.3. The van der Waals surface area contributed by atoms with Crippen molar-refractivity contribution in [2.45, 2.75) is 25.2 Å². The molecule has 0 atom stereocenters. The average molecular weight is 389 g/mol. The monoisotopic (exact) mass is 389 g/mol. The van der Waals surface area contributed by atoms with Crippen molar-refractivity contribution in [2.24, 2.45) is 0 Å². The fraction of sp³-hybridized carbons (Fsp3) is 0.238. The summed E-state index contributed by atoms with van der Waals surface area (Å²) in [7, 11) is 0. The van der Waals surface area contributed by atoms with Gasteiger partial charge in [-0.2, -0.15) is 0 Å². The highest BCUT2D eigenvalue weighted by Gasteiger charge is 2.30. The summed E-state index contributed by atoms with van der Waals surface area (Å²) in [5, 5.41) is 5.92. The zero-order valence-electron chi connectivity index (χ0n) is 15.2. The number of nitrogens with one attached hydrogen (secondary N) is 1. The molecule has 1 fully saturated rings. The quantitative estimate of drug-likeness (QED) is 0.546. The first-order valence-electron chi connectivity index (χ1n) is 9.40. The number of fused-ring (bicyclic) bond motifs is 1. The Hall–Kier alpha value is -3.06. The van der Waals surface area contributed by atoms with Gasteiger partial charge in [0.05, 0.1) is 16.9 Å². The van der Waals surface area contributed by atoms with E-state index < -0.39 is 0 Å². The van der Waals surface area contributed by atoms with Crippen LogP contribution in [0.4, 0.5) is 0 Å². The highest BCUT2D eigenvalue weighted by molar-refractivity contribution is 7.13. The summed E-state index contributed by atoms with van der Waals surface area (Å²) in [5.74, 6) is 1.35. The van der Waals surface area contributed by atoms with Crippen molar-refractivity contribution in [3.05, 3.63) is 71.4 Å². The van der Waals surface area contributed by atoms with Crippen molar-refractivity contribution in [3.63, 3.8) is 0 Å². The summed E-state index contributed by atoms with van der Waals surface area (Å²) in [6.07, 6.45) is 6.73. The number of aromatic nitrogens is 4.